The highest BCUT2D eigenvalue weighted by Gasteiger charge is 2.21. The molecule has 0 aromatic carbocycles. The predicted molar refractivity (Wildman–Crippen MR) is 83.3 cm³/mol. The quantitative estimate of drug-likeness (QED) is 0.525. The van der Waals surface area contributed by atoms with Gasteiger partial charge in [0.25, 0.3) is 0 Å². The minimum Gasteiger partial charge on any atom is -0.345 e. The number of nitrogens with zero attached hydrogens (tertiary/aromatic N) is 1. The second-order valence-electron chi connectivity index (χ2n) is 5.92. The van der Waals surface area contributed by atoms with Crippen LogP contribution in [-0.4, -0.2) is 34.2 Å². The lowest BCUT2D eigenvalue weighted by Gasteiger charge is -2.29. The Morgan fingerprint density at radius 2 is 1.72 bits per heavy atom. The zero-order valence-corrected chi connectivity index (χ0v) is 14.6. The molecular weight excluding hydrogens is 265 g/mol. The molecule has 0 saturated heterocycles. The number of carbonyl (C=O) groups is 1. The summed E-state index contributed by atoms with van der Waals surface area (Å²) in [4.78, 5) is 11.7. The predicted octanol–water partition coefficient (Wildman–Crippen LogP) is 3.94. The Labute approximate surface area is 118 Å². The third-order valence-electron chi connectivity index (χ3n) is 2.31. The van der Waals surface area contributed by atoms with E-state index in [1.54, 1.807) is 0 Å². The summed E-state index contributed by atoms with van der Waals surface area (Å²) in [6, 6.07) is 0.986. The van der Waals surface area contributed by atoms with E-state index in [-0.39, 0.29) is 10.5 Å². The SMILES string of the molecule is CC(C)N(POCCSC(=O)C(C)(C)C)C(C)C. The summed E-state index contributed by atoms with van der Waals surface area (Å²) in [6.45, 7) is 15.2. The molecule has 0 saturated carbocycles. The van der Waals surface area contributed by atoms with Crippen molar-refractivity contribution >= 4 is 25.8 Å². The Bertz CT molecular complexity index is 244. The second-order valence-corrected chi connectivity index (χ2v) is 7.98. The molecule has 0 N–H and O–H groups in total. The highest BCUT2D eigenvalue weighted by atomic mass is 32.2. The summed E-state index contributed by atoms with van der Waals surface area (Å²) in [5, 5.41) is 0.235. The van der Waals surface area contributed by atoms with Crippen LogP contribution in [0.25, 0.3) is 0 Å². The van der Waals surface area contributed by atoms with Gasteiger partial charge in [-0.05, 0) is 27.7 Å². The molecule has 0 aliphatic heterocycles. The van der Waals surface area contributed by atoms with Gasteiger partial charge >= 0.3 is 0 Å². The number of hydrogen-bond acceptors (Lipinski definition) is 4. The van der Waals surface area contributed by atoms with E-state index in [9.17, 15) is 4.79 Å². The Balaban J connectivity index is 3.77. The maximum atomic E-state index is 11.7. The van der Waals surface area contributed by atoms with Crippen molar-refractivity contribution < 1.29 is 9.32 Å². The number of rotatable bonds is 7. The molecule has 3 nitrogen and oxygen atoms in total. The minimum absolute atomic E-state index is 0.235. The zero-order valence-electron chi connectivity index (χ0n) is 12.7. The fourth-order valence-corrected chi connectivity index (χ4v) is 3.02. The van der Waals surface area contributed by atoms with E-state index in [4.69, 9.17) is 4.52 Å². The van der Waals surface area contributed by atoms with Gasteiger partial charge in [0, 0.05) is 23.3 Å². The lowest BCUT2D eigenvalue weighted by molar-refractivity contribution is -0.117. The van der Waals surface area contributed by atoms with Crippen molar-refractivity contribution in [3.05, 3.63) is 0 Å². The summed E-state index contributed by atoms with van der Waals surface area (Å²) in [6.07, 6.45) is 0. The normalized spacial score (nSPS) is 13.4. The Kier molecular flexibility index (Phi) is 8.70. The van der Waals surface area contributed by atoms with Gasteiger partial charge in [-0.15, -0.1) is 0 Å². The van der Waals surface area contributed by atoms with E-state index in [1.165, 1.54) is 11.8 Å². The smallest absolute Gasteiger partial charge is 0.194 e. The average molecular weight is 293 g/mol. The van der Waals surface area contributed by atoms with Gasteiger partial charge in [0.05, 0.1) is 15.6 Å². The maximum Gasteiger partial charge on any atom is 0.194 e. The lowest BCUT2D eigenvalue weighted by atomic mass is 10.00. The topological polar surface area (TPSA) is 29.5 Å². The van der Waals surface area contributed by atoms with E-state index in [1.807, 2.05) is 20.8 Å². The molecule has 0 heterocycles. The first kappa shape index (κ1) is 18.4. The van der Waals surface area contributed by atoms with E-state index in [0.29, 0.717) is 27.6 Å². The first-order valence-corrected chi connectivity index (χ1v) is 8.33. The molecule has 1 atom stereocenters. The second kappa shape index (κ2) is 8.52. The third kappa shape index (κ3) is 7.73. The van der Waals surface area contributed by atoms with Crippen molar-refractivity contribution in [1.82, 2.24) is 4.67 Å². The first-order valence-electron chi connectivity index (χ1n) is 6.49. The zero-order chi connectivity index (χ0) is 14.3. The van der Waals surface area contributed by atoms with Crippen LogP contribution in [-0.2, 0) is 9.32 Å². The van der Waals surface area contributed by atoms with Gasteiger partial charge in [0.1, 0.15) is 0 Å². The van der Waals surface area contributed by atoms with Crippen LogP contribution in [0, 0.1) is 5.41 Å². The standard InChI is InChI=1S/C13H28NO2PS/c1-10(2)14(11(3)4)17-16-8-9-18-12(15)13(5,6)7/h10-11,17H,8-9H2,1-7H3. The fourth-order valence-electron chi connectivity index (χ4n) is 1.32. The molecule has 0 rings (SSSR count). The molecule has 0 bridgehead atoms. The third-order valence-corrected chi connectivity index (χ3v) is 5.14. The van der Waals surface area contributed by atoms with Crippen molar-refractivity contribution in [2.24, 2.45) is 5.41 Å². The Morgan fingerprint density at radius 3 is 2.11 bits per heavy atom. The largest absolute Gasteiger partial charge is 0.345 e. The van der Waals surface area contributed by atoms with Crippen molar-refractivity contribution in [3.63, 3.8) is 0 Å². The minimum atomic E-state index is -0.255. The van der Waals surface area contributed by atoms with E-state index in [0.717, 1.165) is 5.75 Å². The molecule has 108 valence electrons. The maximum absolute atomic E-state index is 11.7. The van der Waals surface area contributed by atoms with Crippen molar-refractivity contribution in [1.29, 1.82) is 0 Å². The van der Waals surface area contributed by atoms with Gasteiger partial charge < -0.3 is 4.52 Å². The first-order chi connectivity index (χ1) is 8.16. The van der Waals surface area contributed by atoms with Crippen molar-refractivity contribution in [3.8, 4) is 0 Å². The highest BCUT2D eigenvalue weighted by molar-refractivity contribution is 8.13. The van der Waals surface area contributed by atoms with Gasteiger partial charge in [-0.1, -0.05) is 32.5 Å². The van der Waals surface area contributed by atoms with Crippen LogP contribution in [0.5, 0.6) is 0 Å². The van der Waals surface area contributed by atoms with E-state index in [2.05, 4.69) is 32.4 Å². The lowest BCUT2D eigenvalue weighted by Crippen LogP contribution is -2.29. The van der Waals surface area contributed by atoms with Gasteiger partial charge in [0.2, 0.25) is 0 Å². The van der Waals surface area contributed by atoms with E-state index < -0.39 is 0 Å². The van der Waals surface area contributed by atoms with Crippen LogP contribution in [0.2, 0.25) is 0 Å². The molecule has 0 spiro atoms. The highest BCUT2D eigenvalue weighted by Crippen LogP contribution is 2.27. The number of hydrogen-bond donors (Lipinski definition) is 0. The monoisotopic (exact) mass is 293 g/mol. The van der Waals surface area contributed by atoms with Crippen LogP contribution in [0.1, 0.15) is 48.5 Å². The molecule has 0 amide bonds. The van der Waals surface area contributed by atoms with Crippen LogP contribution in [0.4, 0.5) is 0 Å². The molecule has 0 aromatic rings. The van der Waals surface area contributed by atoms with Gasteiger partial charge in [-0.2, -0.15) is 0 Å². The molecule has 0 radical (unpaired) electrons. The summed E-state index contributed by atoms with van der Waals surface area (Å²) in [5.41, 5.74) is -0.255. The molecule has 1 unspecified atom stereocenters. The van der Waals surface area contributed by atoms with E-state index >= 15 is 0 Å². The summed E-state index contributed by atoms with van der Waals surface area (Å²) >= 11 is 1.37. The van der Waals surface area contributed by atoms with Crippen molar-refractivity contribution in [2.45, 2.75) is 60.5 Å². The van der Waals surface area contributed by atoms with Gasteiger partial charge in [-0.25, -0.2) is 0 Å². The Hall–Kier alpha value is 0.370. The molecule has 0 aliphatic rings. The molecule has 18 heavy (non-hydrogen) atoms. The summed E-state index contributed by atoms with van der Waals surface area (Å²) in [5.74, 6) is 0.743. The molecule has 0 aromatic heterocycles. The fraction of sp³-hybridized carbons (Fsp3) is 0.923. The summed E-state index contributed by atoms with van der Waals surface area (Å²) in [7, 11) is 0.383. The van der Waals surface area contributed by atoms with Crippen molar-refractivity contribution in [2.75, 3.05) is 12.4 Å². The molecule has 0 fully saturated rings. The Morgan fingerprint density at radius 1 is 1.22 bits per heavy atom. The molecule has 5 heteroatoms. The van der Waals surface area contributed by atoms with Gasteiger partial charge in [-0.3, -0.25) is 9.46 Å². The van der Waals surface area contributed by atoms with Crippen LogP contribution in [0.15, 0.2) is 0 Å². The number of carbonyl (C=O) groups excluding carboxylic acids is 1. The molecule has 0 aliphatic carbocycles. The van der Waals surface area contributed by atoms with Gasteiger partial charge in [0.15, 0.2) is 5.12 Å². The van der Waals surface area contributed by atoms with Crippen LogP contribution >= 0.6 is 20.7 Å². The summed E-state index contributed by atoms with van der Waals surface area (Å²) < 4.78 is 7.98. The number of thioether (sulfide) groups is 1. The van der Waals surface area contributed by atoms with Crippen LogP contribution < -0.4 is 0 Å². The molecular formula is C13H28NO2PS. The average Bonchev–Trinajstić information content (AvgIpc) is 2.20. The van der Waals surface area contributed by atoms with Crippen LogP contribution in [0.3, 0.4) is 0 Å².